The van der Waals surface area contributed by atoms with Gasteiger partial charge in [0.25, 0.3) is 5.69 Å². The van der Waals surface area contributed by atoms with E-state index in [4.69, 9.17) is 12.2 Å². The number of nitro groups is 1. The first-order valence-electron chi connectivity index (χ1n) is 12.8. The first kappa shape index (κ1) is 24.6. The number of nitrogens with one attached hydrogen (secondary N) is 1. The molecule has 2 aliphatic rings. The Bertz CT molecular complexity index is 1430. The van der Waals surface area contributed by atoms with Gasteiger partial charge in [0.2, 0.25) is 0 Å². The lowest BCUT2D eigenvalue weighted by Crippen LogP contribution is -2.30. The summed E-state index contributed by atoms with van der Waals surface area (Å²) in [6.45, 7) is 0. The zero-order chi connectivity index (χ0) is 26.1. The summed E-state index contributed by atoms with van der Waals surface area (Å²) in [6.07, 6.45) is 8.99. The molecule has 0 radical (unpaired) electrons. The summed E-state index contributed by atoms with van der Waals surface area (Å²) in [6, 6.07) is 25.7. The van der Waals surface area contributed by atoms with Crippen LogP contribution in [0.25, 0.3) is 0 Å². The number of nitrogens with zero attached hydrogens (tertiary/aromatic N) is 4. The number of rotatable bonds is 7. The molecule has 1 aliphatic heterocycles. The quantitative estimate of drug-likeness (QED) is 0.150. The van der Waals surface area contributed by atoms with E-state index in [0.29, 0.717) is 11.2 Å². The van der Waals surface area contributed by atoms with Crippen molar-refractivity contribution in [2.45, 2.75) is 53.6 Å². The van der Waals surface area contributed by atoms with Crippen molar-refractivity contribution in [2.24, 2.45) is 0 Å². The maximum absolute atomic E-state index is 11.0. The number of pyridine rings is 1. The third kappa shape index (κ3) is 4.79. The van der Waals surface area contributed by atoms with E-state index >= 15 is 0 Å². The molecule has 9 heteroatoms. The molecule has 0 spiro atoms. The van der Waals surface area contributed by atoms with Crippen molar-refractivity contribution in [2.75, 3.05) is 4.90 Å². The van der Waals surface area contributed by atoms with Crippen molar-refractivity contribution in [3.8, 4) is 0 Å². The van der Waals surface area contributed by atoms with Gasteiger partial charge in [0, 0.05) is 51.7 Å². The van der Waals surface area contributed by atoms with Gasteiger partial charge >= 0.3 is 0 Å². The predicted molar refractivity (Wildman–Crippen MR) is 154 cm³/mol. The second-order valence-corrected chi connectivity index (χ2v) is 11.2. The highest BCUT2D eigenvalue weighted by Gasteiger charge is 2.42. The Labute approximate surface area is 231 Å². The molecule has 1 saturated carbocycles. The molecule has 38 heavy (non-hydrogen) atoms. The Hall–Kier alpha value is -3.69. The van der Waals surface area contributed by atoms with Crippen LogP contribution in [0.1, 0.15) is 55.2 Å². The van der Waals surface area contributed by atoms with Gasteiger partial charge in [0.15, 0.2) is 5.11 Å². The normalized spacial score (nSPS) is 19.6. The first-order chi connectivity index (χ1) is 18.6. The number of nitro benzene ring substituents is 1. The number of anilines is 1. The van der Waals surface area contributed by atoms with Crippen LogP contribution in [-0.2, 0) is 0 Å². The summed E-state index contributed by atoms with van der Waals surface area (Å²) in [5.41, 5.74) is 3.31. The molecule has 2 aromatic heterocycles. The van der Waals surface area contributed by atoms with Gasteiger partial charge in [-0.15, -0.1) is 0 Å². The van der Waals surface area contributed by atoms with E-state index in [1.165, 1.54) is 43.5 Å². The zero-order valence-electron chi connectivity index (χ0n) is 20.6. The molecule has 7 nitrogen and oxygen atoms in total. The van der Waals surface area contributed by atoms with E-state index < -0.39 is 0 Å². The molecular formula is C29H27N5O2S2. The van der Waals surface area contributed by atoms with Crippen LogP contribution in [0.5, 0.6) is 0 Å². The van der Waals surface area contributed by atoms with E-state index in [1.807, 2.05) is 18.3 Å². The lowest BCUT2D eigenvalue weighted by atomic mass is 10.0. The summed E-state index contributed by atoms with van der Waals surface area (Å²) in [5, 5.41) is 15.2. The summed E-state index contributed by atoms with van der Waals surface area (Å²) in [4.78, 5) is 19.5. The average molecular weight is 542 g/mol. The summed E-state index contributed by atoms with van der Waals surface area (Å²) in [7, 11) is 0. The Morgan fingerprint density at radius 1 is 0.947 bits per heavy atom. The van der Waals surface area contributed by atoms with Gasteiger partial charge in [-0.1, -0.05) is 30.7 Å². The maximum atomic E-state index is 11.0. The fraction of sp³-hybridized carbons (Fsp3) is 0.241. The molecule has 2 aromatic carbocycles. The van der Waals surface area contributed by atoms with Gasteiger partial charge in [-0.05, 0) is 85.7 Å². The Morgan fingerprint density at radius 3 is 2.32 bits per heavy atom. The van der Waals surface area contributed by atoms with Crippen LogP contribution in [-0.4, -0.2) is 19.6 Å². The number of benzene rings is 2. The van der Waals surface area contributed by atoms with Crippen LogP contribution in [0, 0.1) is 10.1 Å². The van der Waals surface area contributed by atoms with Crippen LogP contribution in [0.15, 0.2) is 101 Å². The van der Waals surface area contributed by atoms with Crippen LogP contribution in [0.3, 0.4) is 0 Å². The van der Waals surface area contributed by atoms with E-state index in [9.17, 15) is 10.1 Å². The van der Waals surface area contributed by atoms with Gasteiger partial charge in [-0.25, -0.2) is 0 Å². The maximum Gasteiger partial charge on any atom is 0.269 e. The largest absolute Gasteiger partial charge is 0.351 e. The second-order valence-electron chi connectivity index (χ2n) is 9.62. The average Bonchev–Trinajstić information content (AvgIpc) is 3.70. The topological polar surface area (TPSA) is 76.2 Å². The Morgan fingerprint density at radius 2 is 1.66 bits per heavy atom. The lowest BCUT2D eigenvalue weighted by molar-refractivity contribution is -0.384. The van der Waals surface area contributed by atoms with Gasteiger partial charge in [0.1, 0.15) is 6.04 Å². The zero-order valence-corrected chi connectivity index (χ0v) is 22.3. The van der Waals surface area contributed by atoms with E-state index in [2.05, 4.69) is 68.4 Å². The molecule has 0 unspecified atom stereocenters. The molecule has 1 aliphatic carbocycles. The molecule has 0 amide bonds. The van der Waals surface area contributed by atoms with Gasteiger partial charge < -0.3 is 14.8 Å². The van der Waals surface area contributed by atoms with Crippen molar-refractivity contribution in [3.63, 3.8) is 0 Å². The van der Waals surface area contributed by atoms with Gasteiger partial charge in [-0.2, -0.15) is 0 Å². The molecule has 1 N–H and O–H groups in total. The molecule has 192 valence electrons. The van der Waals surface area contributed by atoms with Crippen molar-refractivity contribution in [1.29, 1.82) is 0 Å². The highest BCUT2D eigenvalue weighted by Crippen LogP contribution is 2.44. The molecule has 1 saturated heterocycles. The Balaban J connectivity index is 1.32. The van der Waals surface area contributed by atoms with Crippen LogP contribution in [0.2, 0.25) is 0 Å². The fourth-order valence-corrected chi connectivity index (χ4v) is 6.72. The number of hydrogen-bond donors (Lipinski definition) is 1. The minimum absolute atomic E-state index is 0.0406. The molecule has 6 rings (SSSR count). The monoisotopic (exact) mass is 541 g/mol. The molecule has 0 bridgehead atoms. The minimum Gasteiger partial charge on any atom is -0.351 e. The predicted octanol–water partition coefficient (Wildman–Crippen LogP) is 7.23. The lowest BCUT2D eigenvalue weighted by Gasteiger charge is -2.30. The Kier molecular flexibility index (Phi) is 6.86. The molecule has 2 fully saturated rings. The number of thiocarbonyl (C=S) groups is 1. The van der Waals surface area contributed by atoms with Crippen molar-refractivity contribution >= 4 is 40.5 Å². The highest BCUT2D eigenvalue weighted by molar-refractivity contribution is 7.99. The van der Waals surface area contributed by atoms with E-state index in [1.54, 1.807) is 23.9 Å². The molecule has 2 atom stereocenters. The minimum atomic E-state index is -0.381. The van der Waals surface area contributed by atoms with Crippen LogP contribution >= 0.6 is 24.0 Å². The number of non-ortho nitro benzene ring substituents is 1. The third-order valence-corrected chi connectivity index (χ3v) is 8.66. The highest BCUT2D eigenvalue weighted by atomic mass is 32.2. The molecule has 3 heterocycles. The number of hydrogen-bond acceptors (Lipinski definition) is 5. The van der Waals surface area contributed by atoms with E-state index in [0.717, 1.165) is 21.2 Å². The third-order valence-electron chi connectivity index (χ3n) is 7.33. The van der Waals surface area contributed by atoms with Crippen molar-refractivity contribution in [1.82, 2.24) is 14.9 Å². The number of aromatic nitrogens is 2. The van der Waals surface area contributed by atoms with Gasteiger partial charge in [0.05, 0.1) is 16.7 Å². The second kappa shape index (κ2) is 10.6. The van der Waals surface area contributed by atoms with E-state index in [-0.39, 0.29) is 22.7 Å². The fourth-order valence-electron chi connectivity index (χ4n) is 5.55. The van der Waals surface area contributed by atoms with Gasteiger partial charge in [-0.3, -0.25) is 15.1 Å². The summed E-state index contributed by atoms with van der Waals surface area (Å²) in [5.74, 6) is 0. The summed E-state index contributed by atoms with van der Waals surface area (Å²) >= 11 is 7.49. The SMILES string of the molecule is O=[N+]([O-])c1ccc(Sc2ccc(N3C(=S)N[C@@H](c4ccccn4)[C@@H]3c3cccn3C3CCCC3)cc2)cc1. The summed E-state index contributed by atoms with van der Waals surface area (Å²) < 4.78 is 2.45. The first-order valence-corrected chi connectivity index (χ1v) is 14.0. The van der Waals surface area contributed by atoms with Crippen molar-refractivity contribution in [3.05, 3.63) is 113 Å². The molecule has 4 aromatic rings. The van der Waals surface area contributed by atoms with Crippen molar-refractivity contribution < 1.29 is 4.92 Å². The smallest absolute Gasteiger partial charge is 0.269 e. The standard InChI is InChI=1S/C29H27N5O2S2/c35-34(36)22-12-16-24(17-13-22)38-23-14-10-21(11-15-23)33-28(26-9-5-19-32(26)20-6-1-2-7-20)27(31-29(33)37)25-8-3-4-18-30-25/h3-5,8-20,27-28H,1-2,6-7H2,(H,31,37)/t27-,28-/m0/s1. The van der Waals surface area contributed by atoms with Crippen LogP contribution in [0.4, 0.5) is 11.4 Å². The molecular weight excluding hydrogens is 514 g/mol. The van der Waals surface area contributed by atoms with Crippen LogP contribution < -0.4 is 10.2 Å².